The Morgan fingerprint density at radius 1 is 1.54 bits per heavy atom. The van der Waals surface area contributed by atoms with E-state index in [0.717, 1.165) is 0 Å². The van der Waals surface area contributed by atoms with Gasteiger partial charge >= 0.3 is 0 Å². The van der Waals surface area contributed by atoms with E-state index in [2.05, 4.69) is 0 Å². The lowest BCUT2D eigenvalue weighted by Gasteiger charge is -2.24. The van der Waals surface area contributed by atoms with E-state index in [1.54, 1.807) is 0 Å². The number of aliphatic hydroxyl groups is 1. The van der Waals surface area contributed by atoms with E-state index in [1.165, 1.54) is 0 Å². The van der Waals surface area contributed by atoms with Crippen LogP contribution in [0.4, 0.5) is 4.48 Å². The zero-order valence-corrected chi connectivity index (χ0v) is 8.46. The molecular weight excluding hydrogens is 173 g/mol. The molecule has 0 unspecified atom stereocenters. The molecule has 0 spiro atoms. The molecule has 1 heterocycles. The lowest BCUT2D eigenvalue weighted by Crippen LogP contribution is -2.28. The fourth-order valence-electron chi connectivity index (χ4n) is 1.58. The Balaban J connectivity index is 2.40. The van der Waals surface area contributed by atoms with Crippen molar-refractivity contribution in [2.75, 3.05) is 13.2 Å². The monoisotopic (exact) mass is 191 g/mol. The molecule has 0 aromatic carbocycles. The van der Waals surface area contributed by atoms with E-state index in [0.29, 0.717) is 11.5 Å². The summed E-state index contributed by atoms with van der Waals surface area (Å²) < 4.78 is 18.6. The van der Waals surface area contributed by atoms with E-state index in [1.807, 2.05) is 20.8 Å². The Kier molecular flexibility index (Phi) is 3.27. The molecule has 0 radical (unpaired) electrons. The maximum atomic E-state index is 13.0. The maximum Gasteiger partial charge on any atom is 0.0752 e. The molecule has 0 saturated carbocycles. The Bertz CT molecular complexity index is 169. The minimum absolute atomic E-state index is 0.0952. The summed E-state index contributed by atoms with van der Waals surface area (Å²) in [4.78, 5) is 0. The first-order chi connectivity index (χ1) is 5.92. The molecule has 0 aromatic rings. The average molecular weight is 191 g/mol. The van der Waals surface area contributed by atoms with Gasteiger partial charge in [-0.2, -0.15) is 0 Å². The largest absolute Gasteiger partial charge is 0.395 e. The molecule has 78 valence electrons. The van der Waals surface area contributed by atoms with Crippen molar-refractivity contribution in [1.82, 2.24) is 5.12 Å². The first-order valence-corrected chi connectivity index (χ1v) is 4.63. The second-order valence-corrected chi connectivity index (χ2v) is 4.51. The third-order valence-corrected chi connectivity index (χ3v) is 2.04. The van der Waals surface area contributed by atoms with Crippen LogP contribution in [0.15, 0.2) is 0 Å². The van der Waals surface area contributed by atoms with Crippen molar-refractivity contribution in [2.45, 2.75) is 44.9 Å². The van der Waals surface area contributed by atoms with Crippen molar-refractivity contribution in [1.29, 1.82) is 0 Å². The second kappa shape index (κ2) is 3.90. The summed E-state index contributed by atoms with van der Waals surface area (Å²) in [5, 5.41) is 9.48. The number of hydrogen-bond acceptors (Lipinski definition) is 3. The molecule has 1 aliphatic heterocycles. The highest BCUT2D eigenvalue weighted by molar-refractivity contribution is 4.82. The summed E-state index contributed by atoms with van der Waals surface area (Å²) in [6, 6.07) is -0.382. The molecule has 1 N–H and O–H groups in total. The molecule has 1 rings (SSSR count). The van der Waals surface area contributed by atoms with Crippen molar-refractivity contribution in [2.24, 2.45) is 0 Å². The third-order valence-electron chi connectivity index (χ3n) is 2.04. The summed E-state index contributed by atoms with van der Waals surface area (Å²) in [5.41, 5.74) is -0.240. The number of nitrogens with zero attached hydrogens (tertiary/aromatic N) is 1. The molecule has 0 aliphatic carbocycles. The van der Waals surface area contributed by atoms with E-state index in [4.69, 9.17) is 9.84 Å². The molecule has 0 amide bonds. The van der Waals surface area contributed by atoms with Crippen LogP contribution in [0, 0.1) is 0 Å². The van der Waals surface area contributed by atoms with Gasteiger partial charge in [0.25, 0.3) is 0 Å². The van der Waals surface area contributed by atoms with E-state index in [9.17, 15) is 4.48 Å². The fourth-order valence-corrected chi connectivity index (χ4v) is 1.58. The van der Waals surface area contributed by atoms with Crippen LogP contribution >= 0.6 is 0 Å². The first kappa shape index (κ1) is 10.9. The summed E-state index contributed by atoms with van der Waals surface area (Å²) in [5.74, 6) is 0. The minimum Gasteiger partial charge on any atom is -0.395 e. The molecule has 0 bridgehead atoms. The highest BCUT2D eigenvalue weighted by atomic mass is 19.2. The van der Waals surface area contributed by atoms with E-state index in [-0.39, 0.29) is 30.9 Å². The standard InChI is InChI=1S/C9H18FNO2/c1-9(2,3)13-8-4-7(6-12)11(10)5-8/h7-8,12H,4-6H2,1-3H3/t7-,8+/m0/s1. The zero-order chi connectivity index (χ0) is 10.1. The number of rotatable bonds is 2. The van der Waals surface area contributed by atoms with Crippen LogP contribution in [0.3, 0.4) is 0 Å². The van der Waals surface area contributed by atoms with Crippen LogP contribution in [-0.4, -0.2) is 41.1 Å². The van der Waals surface area contributed by atoms with Crippen LogP contribution < -0.4 is 0 Å². The first-order valence-electron chi connectivity index (χ1n) is 4.63. The maximum absolute atomic E-state index is 13.0. The van der Waals surface area contributed by atoms with Gasteiger partial charge in [0.1, 0.15) is 0 Å². The highest BCUT2D eigenvalue weighted by Gasteiger charge is 2.34. The third kappa shape index (κ3) is 3.21. The summed E-state index contributed by atoms with van der Waals surface area (Å²) in [6.07, 6.45) is 0.478. The molecule has 3 nitrogen and oxygen atoms in total. The Morgan fingerprint density at radius 3 is 2.54 bits per heavy atom. The van der Waals surface area contributed by atoms with Crippen LogP contribution in [-0.2, 0) is 4.74 Å². The molecule has 4 heteroatoms. The van der Waals surface area contributed by atoms with Gasteiger partial charge in [0.15, 0.2) is 0 Å². The number of halogens is 1. The Hall–Kier alpha value is -0.190. The van der Waals surface area contributed by atoms with Gasteiger partial charge in [-0.1, -0.05) is 0 Å². The Labute approximate surface area is 78.4 Å². The number of ether oxygens (including phenoxy) is 1. The molecule has 2 atom stereocenters. The van der Waals surface area contributed by atoms with Crippen molar-refractivity contribution >= 4 is 0 Å². The lowest BCUT2D eigenvalue weighted by molar-refractivity contribution is -0.0675. The van der Waals surface area contributed by atoms with Crippen molar-refractivity contribution < 1.29 is 14.3 Å². The van der Waals surface area contributed by atoms with E-state index >= 15 is 0 Å². The molecule has 1 fully saturated rings. The number of hydrogen-bond donors (Lipinski definition) is 1. The molecule has 13 heavy (non-hydrogen) atoms. The van der Waals surface area contributed by atoms with Crippen LogP contribution in [0.5, 0.6) is 0 Å². The van der Waals surface area contributed by atoms with Gasteiger partial charge in [-0.05, 0) is 27.2 Å². The molecular formula is C9H18FNO2. The Morgan fingerprint density at radius 2 is 2.15 bits per heavy atom. The van der Waals surface area contributed by atoms with Crippen molar-refractivity contribution in [3.8, 4) is 0 Å². The summed E-state index contributed by atoms with van der Waals surface area (Å²) in [6.45, 7) is 5.97. The smallest absolute Gasteiger partial charge is 0.0752 e. The minimum atomic E-state index is -0.382. The molecule has 1 aliphatic rings. The van der Waals surface area contributed by atoms with Crippen LogP contribution in [0.25, 0.3) is 0 Å². The quantitative estimate of drug-likeness (QED) is 0.664. The van der Waals surface area contributed by atoms with Crippen LogP contribution in [0.2, 0.25) is 0 Å². The SMILES string of the molecule is CC(C)(C)O[C@@H]1C[C@@H](CO)N(F)C1. The topological polar surface area (TPSA) is 32.7 Å². The predicted octanol–water partition coefficient (Wildman–Crippen LogP) is 1.12. The second-order valence-electron chi connectivity index (χ2n) is 4.51. The summed E-state index contributed by atoms with van der Waals surface area (Å²) in [7, 11) is 0. The highest BCUT2D eigenvalue weighted by Crippen LogP contribution is 2.24. The normalized spacial score (nSPS) is 31.2. The van der Waals surface area contributed by atoms with Gasteiger partial charge in [-0.15, -0.1) is 9.60 Å². The lowest BCUT2D eigenvalue weighted by atomic mass is 10.1. The molecule has 0 aromatic heterocycles. The average Bonchev–Trinajstić information content (AvgIpc) is 2.26. The fraction of sp³-hybridized carbons (Fsp3) is 1.00. The van der Waals surface area contributed by atoms with Gasteiger partial charge < -0.3 is 9.84 Å². The zero-order valence-electron chi connectivity index (χ0n) is 8.46. The molecule has 1 saturated heterocycles. The van der Waals surface area contributed by atoms with Gasteiger partial charge in [-0.25, -0.2) is 0 Å². The van der Waals surface area contributed by atoms with Gasteiger partial charge in [0, 0.05) is 0 Å². The van der Waals surface area contributed by atoms with Gasteiger partial charge in [0.2, 0.25) is 0 Å². The summed E-state index contributed by atoms with van der Waals surface area (Å²) >= 11 is 0. The van der Waals surface area contributed by atoms with Crippen molar-refractivity contribution in [3.63, 3.8) is 0 Å². The predicted molar refractivity (Wildman–Crippen MR) is 47.9 cm³/mol. The van der Waals surface area contributed by atoms with Gasteiger partial charge in [-0.3, -0.25) is 0 Å². The number of aliphatic hydroxyl groups excluding tert-OH is 1. The van der Waals surface area contributed by atoms with E-state index < -0.39 is 0 Å². The van der Waals surface area contributed by atoms with Crippen LogP contribution in [0.1, 0.15) is 27.2 Å². The van der Waals surface area contributed by atoms with Crippen molar-refractivity contribution in [3.05, 3.63) is 0 Å². The van der Waals surface area contributed by atoms with Gasteiger partial charge in [0.05, 0.1) is 30.9 Å².